The van der Waals surface area contributed by atoms with E-state index in [-0.39, 0.29) is 25.4 Å². The normalized spacial score (nSPS) is 15.9. The van der Waals surface area contributed by atoms with E-state index in [1.165, 1.54) is 0 Å². The third-order valence-electron chi connectivity index (χ3n) is 4.19. The van der Waals surface area contributed by atoms with Crippen molar-refractivity contribution < 1.29 is 33.3 Å². The lowest BCUT2D eigenvalue weighted by atomic mass is 10.2. The molecule has 168 valence electrons. The van der Waals surface area contributed by atoms with Gasteiger partial charge in [-0.05, 0) is 0 Å². The molecule has 2 aromatic rings. The molecule has 7 heteroatoms. The zero-order chi connectivity index (χ0) is 22.3. The van der Waals surface area contributed by atoms with Crippen molar-refractivity contribution in [3.05, 3.63) is 71.8 Å². The summed E-state index contributed by atoms with van der Waals surface area (Å²) < 4.78 is 25.5. The fourth-order valence-corrected chi connectivity index (χ4v) is 2.59. The topological polar surface area (TPSA) is 80.3 Å². The Morgan fingerprint density at radius 2 is 1.00 bits per heavy atom. The number of esters is 2. The largest absolute Gasteiger partial charge is 0.393 e. The molecule has 31 heavy (non-hydrogen) atoms. The molecular formula is C24H30O7. The number of rotatable bonds is 4. The Hall–Kier alpha value is -2.58. The summed E-state index contributed by atoms with van der Waals surface area (Å²) in [4.78, 5) is 20.7. The van der Waals surface area contributed by atoms with Gasteiger partial charge in [-0.3, -0.25) is 9.59 Å². The molecule has 2 aromatic carbocycles. The number of carbonyl (C=O) groups excluding carboxylic acids is 2. The number of ether oxygens (including phenoxy) is 5. The first-order valence-corrected chi connectivity index (χ1v) is 10.4. The highest BCUT2D eigenvalue weighted by atomic mass is 16.7. The van der Waals surface area contributed by atoms with Gasteiger partial charge in [0.25, 0.3) is 0 Å². The second-order valence-electron chi connectivity index (χ2n) is 6.52. The van der Waals surface area contributed by atoms with Gasteiger partial charge < -0.3 is 23.7 Å². The Labute approximate surface area is 183 Å². The van der Waals surface area contributed by atoms with Gasteiger partial charge in [-0.2, -0.15) is 0 Å². The van der Waals surface area contributed by atoms with Crippen molar-refractivity contribution in [2.45, 2.75) is 39.3 Å². The number of hydrogen-bond acceptors (Lipinski definition) is 7. The van der Waals surface area contributed by atoms with E-state index >= 15 is 0 Å². The minimum atomic E-state index is -0.457. The number of benzene rings is 2. The molecule has 2 aliphatic heterocycles. The van der Waals surface area contributed by atoms with Gasteiger partial charge in [0.2, 0.25) is 0 Å². The molecule has 0 aliphatic carbocycles. The first kappa shape index (κ1) is 24.7. The maximum atomic E-state index is 10.3. The minimum absolute atomic E-state index is 0.129. The number of carbonyl (C=O) groups is 2. The van der Waals surface area contributed by atoms with Gasteiger partial charge in [0.1, 0.15) is 0 Å². The van der Waals surface area contributed by atoms with Crippen LogP contribution < -0.4 is 0 Å². The SMILES string of the molecule is CCC(=O)OC(=O)CC.c1ccc(C2OCCO2)cc1.c1ccc(C2OCCO2)cc1. The van der Waals surface area contributed by atoms with Crippen LogP contribution in [0.4, 0.5) is 0 Å². The average molecular weight is 430 g/mol. The van der Waals surface area contributed by atoms with Gasteiger partial charge in [0.15, 0.2) is 12.6 Å². The van der Waals surface area contributed by atoms with Crippen LogP contribution in [0, 0.1) is 0 Å². The molecule has 0 unspecified atom stereocenters. The predicted molar refractivity (Wildman–Crippen MR) is 114 cm³/mol. The lowest BCUT2D eigenvalue weighted by Crippen LogP contribution is -2.09. The van der Waals surface area contributed by atoms with Gasteiger partial charge in [0, 0.05) is 24.0 Å². The zero-order valence-corrected chi connectivity index (χ0v) is 18.0. The fourth-order valence-electron chi connectivity index (χ4n) is 2.59. The standard InChI is InChI=1S/2C9H10O2.C6H10O3/c2*1-2-4-8(5-3-1)9-10-6-7-11-9;1-3-5(7)9-6(8)4-2/h2*1-5,9H,6-7H2;3-4H2,1-2H3. The summed E-state index contributed by atoms with van der Waals surface area (Å²) in [7, 11) is 0. The first-order valence-electron chi connectivity index (χ1n) is 10.4. The molecule has 2 saturated heterocycles. The molecule has 7 nitrogen and oxygen atoms in total. The lowest BCUT2D eigenvalue weighted by Gasteiger charge is -2.07. The summed E-state index contributed by atoms with van der Waals surface area (Å²) in [5.74, 6) is -0.913. The molecule has 0 saturated carbocycles. The third-order valence-corrected chi connectivity index (χ3v) is 4.19. The lowest BCUT2D eigenvalue weighted by molar-refractivity contribution is -0.159. The predicted octanol–water partition coefficient (Wildman–Crippen LogP) is 4.34. The van der Waals surface area contributed by atoms with E-state index < -0.39 is 11.9 Å². The van der Waals surface area contributed by atoms with E-state index in [4.69, 9.17) is 18.9 Å². The molecule has 2 heterocycles. The van der Waals surface area contributed by atoms with Crippen LogP contribution >= 0.6 is 0 Å². The van der Waals surface area contributed by atoms with Gasteiger partial charge in [-0.1, -0.05) is 74.5 Å². The van der Waals surface area contributed by atoms with Gasteiger partial charge in [-0.15, -0.1) is 0 Å². The molecule has 2 fully saturated rings. The van der Waals surface area contributed by atoms with Crippen LogP contribution in [0.5, 0.6) is 0 Å². The third kappa shape index (κ3) is 9.40. The highest BCUT2D eigenvalue weighted by Gasteiger charge is 2.17. The van der Waals surface area contributed by atoms with Gasteiger partial charge in [0.05, 0.1) is 26.4 Å². The molecule has 0 amide bonds. The Bertz CT molecular complexity index is 687. The van der Waals surface area contributed by atoms with Crippen molar-refractivity contribution in [1.29, 1.82) is 0 Å². The van der Waals surface area contributed by atoms with Crippen molar-refractivity contribution in [3.63, 3.8) is 0 Å². The second kappa shape index (κ2) is 14.4. The monoisotopic (exact) mass is 430 g/mol. The smallest absolute Gasteiger partial charge is 0.313 e. The summed E-state index contributed by atoms with van der Waals surface area (Å²) in [6.45, 7) is 6.12. The highest BCUT2D eigenvalue weighted by molar-refractivity contribution is 5.84. The van der Waals surface area contributed by atoms with E-state index in [1.807, 2.05) is 60.7 Å². The van der Waals surface area contributed by atoms with Gasteiger partial charge >= 0.3 is 11.9 Å². The molecule has 2 aliphatic rings. The first-order chi connectivity index (χ1) is 15.1. The Morgan fingerprint density at radius 1 is 0.677 bits per heavy atom. The van der Waals surface area contributed by atoms with E-state index in [1.54, 1.807) is 13.8 Å². The maximum Gasteiger partial charge on any atom is 0.313 e. The van der Waals surface area contributed by atoms with Crippen LogP contribution in [0.1, 0.15) is 50.4 Å². The summed E-state index contributed by atoms with van der Waals surface area (Å²) in [5.41, 5.74) is 2.20. The van der Waals surface area contributed by atoms with E-state index in [2.05, 4.69) is 4.74 Å². The van der Waals surface area contributed by atoms with E-state index in [0.717, 1.165) is 11.1 Å². The second-order valence-corrected chi connectivity index (χ2v) is 6.52. The highest BCUT2D eigenvalue weighted by Crippen LogP contribution is 2.22. The molecule has 4 rings (SSSR count). The van der Waals surface area contributed by atoms with Crippen molar-refractivity contribution >= 4 is 11.9 Å². The molecule has 0 spiro atoms. The molecule has 0 aromatic heterocycles. The van der Waals surface area contributed by atoms with Crippen LogP contribution in [0.25, 0.3) is 0 Å². The van der Waals surface area contributed by atoms with Crippen LogP contribution in [-0.2, 0) is 33.3 Å². The Balaban J connectivity index is 0.000000167. The molecule has 0 N–H and O–H groups in total. The Morgan fingerprint density at radius 3 is 1.29 bits per heavy atom. The van der Waals surface area contributed by atoms with Crippen LogP contribution in [0.2, 0.25) is 0 Å². The molecule has 0 radical (unpaired) electrons. The zero-order valence-electron chi connectivity index (χ0n) is 18.0. The van der Waals surface area contributed by atoms with Crippen molar-refractivity contribution in [2.24, 2.45) is 0 Å². The summed E-state index contributed by atoms with van der Waals surface area (Å²) in [6.07, 6.45) is 0.254. The van der Waals surface area contributed by atoms with Crippen molar-refractivity contribution in [2.75, 3.05) is 26.4 Å². The van der Waals surface area contributed by atoms with E-state index in [9.17, 15) is 9.59 Å². The summed E-state index contributed by atoms with van der Waals surface area (Å²) in [6, 6.07) is 20.0. The Kier molecular flexibility index (Phi) is 11.5. The van der Waals surface area contributed by atoms with E-state index in [0.29, 0.717) is 26.4 Å². The molecule has 0 bridgehead atoms. The fraction of sp³-hybridized carbons (Fsp3) is 0.417. The van der Waals surface area contributed by atoms with Crippen molar-refractivity contribution in [3.8, 4) is 0 Å². The van der Waals surface area contributed by atoms with Crippen LogP contribution in [0.3, 0.4) is 0 Å². The van der Waals surface area contributed by atoms with Crippen LogP contribution in [0.15, 0.2) is 60.7 Å². The van der Waals surface area contributed by atoms with Crippen molar-refractivity contribution in [1.82, 2.24) is 0 Å². The quantitative estimate of drug-likeness (QED) is 0.527. The average Bonchev–Trinajstić information content (AvgIpc) is 3.56. The van der Waals surface area contributed by atoms with Gasteiger partial charge in [-0.25, -0.2) is 0 Å². The number of hydrogen-bond donors (Lipinski definition) is 0. The molecule has 0 atom stereocenters. The summed E-state index contributed by atoms with van der Waals surface area (Å²) in [5, 5.41) is 0. The van der Waals surface area contributed by atoms with Crippen LogP contribution in [-0.4, -0.2) is 38.4 Å². The summed E-state index contributed by atoms with van der Waals surface area (Å²) >= 11 is 0. The maximum absolute atomic E-state index is 10.3. The molecular weight excluding hydrogens is 400 g/mol. The minimum Gasteiger partial charge on any atom is -0.393 e.